The van der Waals surface area contributed by atoms with Crippen LogP contribution in [-0.4, -0.2) is 53.2 Å². The Labute approximate surface area is 284 Å². The van der Waals surface area contributed by atoms with Crippen molar-refractivity contribution >= 4 is 45.3 Å². The Morgan fingerprint density at radius 2 is 1.94 bits per heavy atom. The number of fused-ring (bicyclic) bond motifs is 7. The topological polar surface area (TPSA) is 101 Å². The fraction of sp³-hybridized carbons (Fsp3) is 0.526. The third kappa shape index (κ3) is 4.74. The lowest BCUT2D eigenvalue weighted by Gasteiger charge is -2.60. The van der Waals surface area contributed by atoms with E-state index in [2.05, 4.69) is 79.6 Å². The molecule has 47 heavy (non-hydrogen) atoms. The fourth-order valence-electron chi connectivity index (χ4n) is 10.0. The molecule has 3 heterocycles. The van der Waals surface area contributed by atoms with Crippen molar-refractivity contribution in [2.24, 2.45) is 28.6 Å². The molecule has 1 aromatic carbocycles. The molecule has 7 nitrogen and oxygen atoms in total. The second-order valence-electron chi connectivity index (χ2n) is 16.0. The number of nitrogens with zero attached hydrogens (tertiary/aromatic N) is 4. The quantitative estimate of drug-likeness (QED) is 0.214. The number of ketones is 1. The van der Waals surface area contributed by atoms with Crippen LogP contribution in [-0.2, 0) is 16.6 Å². The predicted octanol–water partition coefficient (Wildman–Crippen LogP) is 7.42. The minimum absolute atomic E-state index is 0.0743. The molecule has 8 rings (SSSR count). The molecule has 3 saturated carbocycles. The van der Waals surface area contributed by atoms with Gasteiger partial charge in [-0.2, -0.15) is 5.10 Å². The molecule has 4 aliphatic carbocycles. The average Bonchev–Trinajstić information content (AvgIpc) is 3.71. The summed E-state index contributed by atoms with van der Waals surface area (Å²) in [6, 6.07) is 12.5. The van der Waals surface area contributed by atoms with E-state index in [1.807, 2.05) is 18.3 Å². The molecule has 0 amide bonds. The number of carbonyl (C=O) groups excluding carboxylic acids is 1. The van der Waals surface area contributed by atoms with Crippen LogP contribution in [0.5, 0.6) is 0 Å². The van der Waals surface area contributed by atoms with E-state index in [0.29, 0.717) is 12.8 Å². The van der Waals surface area contributed by atoms with Gasteiger partial charge in [0, 0.05) is 11.6 Å². The molecule has 4 aliphatic rings. The normalized spacial score (nSPS) is 33.1. The van der Waals surface area contributed by atoms with Crippen molar-refractivity contribution in [3.63, 3.8) is 0 Å². The minimum Gasteiger partial charge on any atom is -0.393 e. The molecule has 3 aromatic heterocycles. The Kier molecular flexibility index (Phi) is 7.24. The van der Waals surface area contributed by atoms with Gasteiger partial charge in [0.1, 0.15) is 15.9 Å². The van der Waals surface area contributed by atoms with Crippen LogP contribution in [0, 0.1) is 28.6 Å². The first-order chi connectivity index (χ1) is 22.3. The highest BCUT2D eigenvalue weighted by atomic mass is 32.2. The van der Waals surface area contributed by atoms with Crippen molar-refractivity contribution in [2.75, 3.05) is 5.75 Å². The first-order valence-electron chi connectivity index (χ1n) is 17.0. The number of hydrogen-bond donors (Lipinski definition) is 2. The zero-order valence-corrected chi connectivity index (χ0v) is 29.5. The van der Waals surface area contributed by atoms with Crippen molar-refractivity contribution in [2.45, 2.75) is 94.6 Å². The van der Waals surface area contributed by atoms with Gasteiger partial charge < -0.3 is 10.2 Å². The van der Waals surface area contributed by atoms with E-state index in [4.69, 9.17) is 5.10 Å². The van der Waals surface area contributed by atoms with Crippen LogP contribution in [0.1, 0.15) is 83.5 Å². The number of Topliss-reactive ketones (excluding diaryl/α,β-unsaturated/α-hetero) is 1. The standard InChI is InChI=1S/C38H44N4O3S2/c1-35(2,3)23-8-11-25(12-9-23)42-29-17-24-10-13-26-27-14-15-38(45,31(44)21-46-34-41-28-7-6-16-39-33(28)47-34)37(27,5)19-30(43)32(26)36(24,4)18-22(29)20-40-42/h6-9,11-12,16-17,20,26-27,30,32,43,45H,10,13-15,18-19,21H2,1-5H3/t26?,27?,30-,32?,36?,37?,38-/m0/s1. The second kappa shape index (κ2) is 10.8. The van der Waals surface area contributed by atoms with Gasteiger partial charge in [-0.25, -0.2) is 14.6 Å². The van der Waals surface area contributed by atoms with Gasteiger partial charge >= 0.3 is 0 Å². The lowest BCUT2D eigenvalue weighted by molar-refractivity contribution is -0.177. The van der Waals surface area contributed by atoms with E-state index in [1.165, 1.54) is 39.8 Å². The average molecular weight is 669 g/mol. The van der Waals surface area contributed by atoms with Crippen LogP contribution in [0.15, 0.2) is 58.7 Å². The molecule has 5 unspecified atom stereocenters. The Morgan fingerprint density at radius 3 is 2.68 bits per heavy atom. The summed E-state index contributed by atoms with van der Waals surface area (Å²) in [6.07, 6.45) is 9.98. The van der Waals surface area contributed by atoms with Crippen LogP contribution in [0.2, 0.25) is 0 Å². The number of pyridine rings is 1. The Morgan fingerprint density at radius 1 is 1.15 bits per heavy atom. The van der Waals surface area contributed by atoms with E-state index in [-0.39, 0.29) is 40.1 Å². The van der Waals surface area contributed by atoms with Gasteiger partial charge in [-0.1, -0.05) is 75.4 Å². The molecule has 3 fully saturated rings. The highest BCUT2D eigenvalue weighted by Crippen LogP contribution is 2.67. The monoisotopic (exact) mass is 668 g/mol. The van der Waals surface area contributed by atoms with Crippen molar-refractivity contribution in [1.29, 1.82) is 0 Å². The summed E-state index contributed by atoms with van der Waals surface area (Å²) >= 11 is 2.87. The Hall–Kier alpha value is -2.85. The van der Waals surface area contributed by atoms with Crippen molar-refractivity contribution in [1.82, 2.24) is 19.7 Å². The van der Waals surface area contributed by atoms with E-state index in [9.17, 15) is 15.0 Å². The largest absolute Gasteiger partial charge is 0.393 e. The molecule has 4 aromatic rings. The zero-order chi connectivity index (χ0) is 32.9. The van der Waals surface area contributed by atoms with E-state index in [1.54, 1.807) is 6.20 Å². The highest BCUT2D eigenvalue weighted by molar-refractivity contribution is 8.01. The van der Waals surface area contributed by atoms with Crippen LogP contribution < -0.4 is 0 Å². The number of hydrogen-bond acceptors (Lipinski definition) is 8. The van der Waals surface area contributed by atoms with Crippen LogP contribution in [0.4, 0.5) is 0 Å². The molecule has 246 valence electrons. The number of carbonyl (C=O) groups is 1. The third-order valence-electron chi connectivity index (χ3n) is 12.5. The first kappa shape index (κ1) is 31.4. The summed E-state index contributed by atoms with van der Waals surface area (Å²) in [4.78, 5) is 23.7. The maximum absolute atomic E-state index is 13.9. The van der Waals surface area contributed by atoms with Gasteiger partial charge in [0.15, 0.2) is 10.1 Å². The van der Waals surface area contributed by atoms with E-state index < -0.39 is 17.1 Å². The van der Waals surface area contributed by atoms with Crippen LogP contribution in [0.25, 0.3) is 22.1 Å². The van der Waals surface area contributed by atoms with Crippen molar-refractivity contribution in [3.8, 4) is 5.69 Å². The number of thioether (sulfide) groups is 1. The lowest BCUT2D eigenvalue weighted by atomic mass is 9.45. The SMILES string of the molecule is CC(C)(C)c1ccc(-n2ncc3c2C=C2CCC4C([C@@H](O)CC5(C)C4CC[C@]5(O)C(=O)CSc4nc5cccnc5s4)C2(C)C3)cc1. The van der Waals surface area contributed by atoms with Gasteiger partial charge in [-0.15, -0.1) is 0 Å². The summed E-state index contributed by atoms with van der Waals surface area (Å²) < 4.78 is 2.86. The van der Waals surface area contributed by atoms with Gasteiger partial charge in [0.2, 0.25) is 0 Å². The van der Waals surface area contributed by atoms with Crippen molar-refractivity contribution < 1.29 is 15.0 Å². The molecule has 0 aliphatic heterocycles. The van der Waals surface area contributed by atoms with Crippen molar-refractivity contribution in [3.05, 3.63) is 71.2 Å². The maximum atomic E-state index is 13.9. The number of aromatic nitrogens is 4. The third-order valence-corrected chi connectivity index (χ3v) is 14.6. The number of rotatable bonds is 5. The van der Waals surface area contributed by atoms with Gasteiger partial charge in [-0.05, 0) is 109 Å². The maximum Gasteiger partial charge on any atom is 0.175 e. The van der Waals surface area contributed by atoms with Crippen LogP contribution in [0.3, 0.4) is 0 Å². The highest BCUT2D eigenvalue weighted by Gasteiger charge is 2.68. The molecule has 0 bridgehead atoms. The fourth-order valence-corrected chi connectivity index (χ4v) is 12.0. The molecule has 9 heteroatoms. The lowest BCUT2D eigenvalue weighted by Crippen LogP contribution is -2.62. The summed E-state index contributed by atoms with van der Waals surface area (Å²) in [7, 11) is 0. The molecule has 2 N–H and O–H groups in total. The van der Waals surface area contributed by atoms with Gasteiger partial charge in [-0.3, -0.25) is 4.79 Å². The number of aliphatic hydroxyl groups is 2. The predicted molar refractivity (Wildman–Crippen MR) is 188 cm³/mol. The van der Waals surface area contributed by atoms with Gasteiger partial charge in [0.05, 0.1) is 29.4 Å². The minimum atomic E-state index is -1.45. The molecule has 7 atom stereocenters. The summed E-state index contributed by atoms with van der Waals surface area (Å²) in [5.41, 5.74) is 4.75. The molecule has 0 saturated heterocycles. The Balaban J connectivity index is 1.03. The Bertz CT molecular complexity index is 1870. The molecule has 0 radical (unpaired) electrons. The number of allylic oxidation sites excluding steroid dienone is 1. The molecule has 0 spiro atoms. The number of benzene rings is 1. The second-order valence-corrected chi connectivity index (χ2v) is 18.2. The van der Waals surface area contributed by atoms with Gasteiger partial charge in [0.25, 0.3) is 0 Å². The number of thiazole rings is 1. The smallest absolute Gasteiger partial charge is 0.175 e. The van der Waals surface area contributed by atoms with E-state index in [0.717, 1.165) is 51.8 Å². The van der Waals surface area contributed by atoms with E-state index >= 15 is 0 Å². The summed E-state index contributed by atoms with van der Waals surface area (Å²) in [5, 5.41) is 29.1. The first-order valence-corrected chi connectivity index (χ1v) is 18.8. The molecular formula is C38H44N4O3S2. The van der Waals surface area contributed by atoms with Crippen LogP contribution >= 0.6 is 23.1 Å². The molecular weight excluding hydrogens is 625 g/mol. The summed E-state index contributed by atoms with van der Waals surface area (Å²) in [6.45, 7) is 11.1. The zero-order valence-electron chi connectivity index (χ0n) is 27.9. The summed E-state index contributed by atoms with van der Waals surface area (Å²) in [5.74, 6) is 0.532. The number of aliphatic hydroxyl groups excluding tert-OH is 1.